The molecule has 104 valence electrons. The van der Waals surface area contributed by atoms with Gasteiger partial charge >= 0.3 is 0 Å². The van der Waals surface area contributed by atoms with E-state index in [9.17, 15) is 8.42 Å². The highest BCUT2D eigenvalue weighted by Gasteiger charge is 2.24. The van der Waals surface area contributed by atoms with Crippen molar-refractivity contribution in [2.45, 2.75) is 24.3 Å². The average molecular weight is 298 g/mol. The quantitative estimate of drug-likeness (QED) is 0.807. The number of rotatable bonds is 6. The second-order valence-electron chi connectivity index (χ2n) is 4.30. The Kier molecular flexibility index (Phi) is 5.85. The van der Waals surface area contributed by atoms with Crippen molar-refractivity contribution in [1.29, 1.82) is 5.26 Å². The van der Waals surface area contributed by atoms with E-state index >= 15 is 0 Å². The molecule has 0 bridgehead atoms. The third-order valence-electron chi connectivity index (χ3n) is 2.91. The average Bonchev–Trinajstić information content (AvgIpc) is 2.39. The number of nitrogens with zero attached hydrogens (tertiary/aromatic N) is 2. The van der Waals surface area contributed by atoms with Crippen molar-refractivity contribution in [2.24, 2.45) is 0 Å². The normalized spacial score (nSPS) is 13.2. The van der Waals surface area contributed by atoms with Crippen LogP contribution in [0.3, 0.4) is 0 Å². The Morgan fingerprint density at radius 2 is 1.95 bits per heavy atom. The molecule has 0 aliphatic rings. The van der Waals surface area contributed by atoms with Crippen LogP contribution in [0.4, 0.5) is 0 Å². The number of hydrogen-bond donors (Lipinski definition) is 0. The highest BCUT2D eigenvalue weighted by Crippen LogP contribution is 2.18. The zero-order valence-electron chi connectivity index (χ0n) is 11.3. The van der Waals surface area contributed by atoms with E-state index < -0.39 is 10.0 Å². The van der Waals surface area contributed by atoms with Crippen molar-refractivity contribution in [1.82, 2.24) is 4.31 Å². The van der Waals surface area contributed by atoms with Crippen LogP contribution in [-0.4, -0.2) is 37.8 Å². The molecule has 1 rings (SSSR count). The zero-order chi connectivity index (χ0) is 14.5. The van der Waals surface area contributed by atoms with Crippen LogP contribution in [0.25, 0.3) is 0 Å². The largest absolute Gasteiger partial charge is 0.243 e. The van der Waals surface area contributed by atoms with Gasteiger partial charge in [-0.1, -0.05) is 12.1 Å². The van der Waals surface area contributed by atoms with Crippen LogP contribution in [0, 0.1) is 11.3 Å². The molecule has 0 saturated heterocycles. The molecule has 0 fully saturated rings. The van der Waals surface area contributed by atoms with Gasteiger partial charge in [-0.3, -0.25) is 0 Å². The minimum Gasteiger partial charge on any atom is -0.207 e. The molecule has 1 unspecified atom stereocenters. The van der Waals surface area contributed by atoms with Crippen molar-refractivity contribution in [2.75, 3.05) is 19.1 Å². The third kappa shape index (κ3) is 3.96. The van der Waals surface area contributed by atoms with Gasteiger partial charge < -0.3 is 0 Å². The van der Waals surface area contributed by atoms with E-state index in [1.165, 1.54) is 4.31 Å². The summed E-state index contributed by atoms with van der Waals surface area (Å²) in [5.41, 5.74) is 0.821. The van der Waals surface area contributed by atoms with Gasteiger partial charge in [-0.2, -0.15) is 21.3 Å². The minimum absolute atomic E-state index is 0.0567. The minimum atomic E-state index is -3.46. The molecule has 0 aliphatic carbocycles. The first-order chi connectivity index (χ1) is 8.93. The lowest BCUT2D eigenvalue weighted by molar-refractivity contribution is 0.415. The van der Waals surface area contributed by atoms with Crippen LogP contribution >= 0.6 is 11.8 Å². The summed E-state index contributed by atoms with van der Waals surface area (Å²) >= 11 is 1.62. The van der Waals surface area contributed by atoms with Crippen molar-refractivity contribution in [3.63, 3.8) is 0 Å². The molecule has 1 aromatic rings. The van der Waals surface area contributed by atoms with Gasteiger partial charge in [-0.05, 0) is 30.9 Å². The van der Waals surface area contributed by atoms with Crippen molar-refractivity contribution >= 4 is 21.8 Å². The molecule has 0 aromatic heterocycles. The number of sulfonamides is 1. The predicted molar refractivity (Wildman–Crippen MR) is 78.6 cm³/mol. The Hall–Kier alpha value is -1.03. The maximum Gasteiger partial charge on any atom is 0.243 e. The van der Waals surface area contributed by atoms with Crippen LogP contribution < -0.4 is 0 Å². The summed E-state index contributed by atoms with van der Waals surface area (Å²) in [7, 11) is -1.86. The highest BCUT2D eigenvalue weighted by molar-refractivity contribution is 7.98. The second kappa shape index (κ2) is 6.94. The Morgan fingerprint density at radius 1 is 1.37 bits per heavy atom. The predicted octanol–water partition coefficient (Wildman–Crippen LogP) is 2.12. The van der Waals surface area contributed by atoms with E-state index in [1.807, 2.05) is 19.2 Å². The summed E-state index contributed by atoms with van der Waals surface area (Å²) in [4.78, 5) is 0.268. The standard InChI is InChI=1S/C13H18N2O2S2/c1-11(10-18-3)15(2)19(16,17)13-6-4-12(5-7-13)8-9-14/h4-7,11H,8,10H2,1-3H3. The topological polar surface area (TPSA) is 61.2 Å². The third-order valence-corrected chi connectivity index (χ3v) is 5.71. The first kappa shape index (κ1) is 16.0. The fraction of sp³-hybridized carbons (Fsp3) is 0.462. The molecule has 1 aromatic carbocycles. The molecule has 0 heterocycles. The molecule has 0 aliphatic heterocycles. The van der Waals surface area contributed by atoms with E-state index in [0.717, 1.165) is 11.3 Å². The molecule has 6 heteroatoms. The SMILES string of the molecule is CSCC(C)N(C)S(=O)(=O)c1ccc(CC#N)cc1. The summed E-state index contributed by atoms with van der Waals surface area (Å²) < 4.78 is 26.1. The molecule has 0 N–H and O–H groups in total. The van der Waals surface area contributed by atoms with Gasteiger partial charge in [-0.15, -0.1) is 0 Å². The van der Waals surface area contributed by atoms with Gasteiger partial charge in [0, 0.05) is 18.8 Å². The Bertz CT molecular complexity index is 547. The lowest BCUT2D eigenvalue weighted by Gasteiger charge is -2.23. The van der Waals surface area contributed by atoms with E-state index in [1.54, 1.807) is 43.1 Å². The van der Waals surface area contributed by atoms with E-state index in [4.69, 9.17) is 5.26 Å². The van der Waals surface area contributed by atoms with Gasteiger partial charge in [0.05, 0.1) is 17.4 Å². The molecular formula is C13H18N2O2S2. The lowest BCUT2D eigenvalue weighted by Crippen LogP contribution is -2.36. The van der Waals surface area contributed by atoms with Gasteiger partial charge in [0.25, 0.3) is 0 Å². The number of benzene rings is 1. The molecule has 0 amide bonds. The Morgan fingerprint density at radius 3 is 2.42 bits per heavy atom. The zero-order valence-corrected chi connectivity index (χ0v) is 13.0. The first-order valence-electron chi connectivity index (χ1n) is 5.86. The maximum absolute atomic E-state index is 12.4. The van der Waals surface area contributed by atoms with Crippen LogP contribution in [-0.2, 0) is 16.4 Å². The van der Waals surface area contributed by atoms with Crippen LogP contribution in [0.1, 0.15) is 12.5 Å². The van der Waals surface area contributed by atoms with Gasteiger partial charge in [0.15, 0.2) is 0 Å². The van der Waals surface area contributed by atoms with Crippen molar-refractivity contribution < 1.29 is 8.42 Å². The highest BCUT2D eigenvalue weighted by atomic mass is 32.2. The fourth-order valence-electron chi connectivity index (χ4n) is 1.62. The molecule has 0 spiro atoms. The van der Waals surface area contributed by atoms with Gasteiger partial charge in [0.2, 0.25) is 10.0 Å². The van der Waals surface area contributed by atoms with Crippen molar-refractivity contribution in [3.8, 4) is 6.07 Å². The van der Waals surface area contributed by atoms with E-state index in [-0.39, 0.29) is 10.9 Å². The number of hydrogen-bond acceptors (Lipinski definition) is 4. The molecule has 0 saturated carbocycles. The summed E-state index contributed by atoms with van der Waals surface area (Å²) in [6.45, 7) is 1.89. The molecular weight excluding hydrogens is 280 g/mol. The Balaban J connectivity index is 2.97. The molecule has 4 nitrogen and oxygen atoms in total. The van der Waals surface area contributed by atoms with Crippen molar-refractivity contribution in [3.05, 3.63) is 29.8 Å². The number of thioether (sulfide) groups is 1. The molecule has 1 atom stereocenters. The summed E-state index contributed by atoms with van der Waals surface area (Å²) in [6.07, 6.45) is 2.24. The van der Waals surface area contributed by atoms with Crippen LogP contribution in [0.15, 0.2) is 29.2 Å². The number of nitriles is 1. The molecule has 0 radical (unpaired) electrons. The Labute approximate surface area is 119 Å². The van der Waals surface area contributed by atoms with E-state index in [2.05, 4.69) is 0 Å². The van der Waals surface area contributed by atoms with E-state index in [0.29, 0.717) is 6.42 Å². The summed E-state index contributed by atoms with van der Waals surface area (Å²) in [5, 5.41) is 8.59. The lowest BCUT2D eigenvalue weighted by atomic mass is 10.2. The fourth-order valence-corrected chi connectivity index (χ4v) is 3.78. The first-order valence-corrected chi connectivity index (χ1v) is 8.69. The molecule has 19 heavy (non-hydrogen) atoms. The van der Waals surface area contributed by atoms with Crippen LogP contribution in [0.2, 0.25) is 0 Å². The second-order valence-corrected chi connectivity index (χ2v) is 7.21. The monoisotopic (exact) mass is 298 g/mol. The van der Waals surface area contributed by atoms with Gasteiger partial charge in [0.1, 0.15) is 0 Å². The summed E-state index contributed by atoms with van der Waals surface area (Å²) in [6, 6.07) is 8.47. The maximum atomic E-state index is 12.4. The summed E-state index contributed by atoms with van der Waals surface area (Å²) in [5.74, 6) is 0.752. The van der Waals surface area contributed by atoms with Gasteiger partial charge in [-0.25, -0.2) is 8.42 Å². The smallest absolute Gasteiger partial charge is 0.207 e. The van der Waals surface area contributed by atoms with Crippen LogP contribution in [0.5, 0.6) is 0 Å².